The molecule has 0 aliphatic carbocycles. The zero-order valence-electron chi connectivity index (χ0n) is 15.7. The molecule has 1 aliphatic rings. The van der Waals surface area contributed by atoms with E-state index in [4.69, 9.17) is 20.9 Å². The monoisotopic (exact) mass is 407 g/mol. The summed E-state index contributed by atoms with van der Waals surface area (Å²) in [6.07, 6.45) is 0.481. The van der Waals surface area contributed by atoms with Crippen LogP contribution in [0.15, 0.2) is 53.1 Å². The molecule has 8 heteroatoms. The van der Waals surface area contributed by atoms with Gasteiger partial charge >= 0.3 is 0 Å². The van der Waals surface area contributed by atoms with Crippen LogP contribution in [0, 0.1) is 6.92 Å². The van der Waals surface area contributed by atoms with Gasteiger partial charge in [0, 0.05) is 5.02 Å². The normalized spacial score (nSPS) is 16.0. The number of halogens is 1. The smallest absolute Gasteiger partial charge is 0.231 e. The molecule has 3 heterocycles. The molecule has 0 fully saturated rings. The molecule has 0 bridgehead atoms. The fraction of sp³-hybridized carbons (Fsp3) is 0.238. The van der Waals surface area contributed by atoms with Crippen LogP contribution in [0.2, 0.25) is 5.02 Å². The van der Waals surface area contributed by atoms with E-state index in [0.717, 1.165) is 16.8 Å². The van der Waals surface area contributed by atoms with Gasteiger partial charge in [0.2, 0.25) is 11.7 Å². The second-order valence-electron chi connectivity index (χ2n) is 7.03. The molecule has 1 aliphatic heterocycles. The Morgan fingerprint density at radius 2 is 1.97 bits per heavy atom. The van der Waals surface area contributed by atoms with E-state index < -0.39 is 0 Å². The predicted molar refractivity (Wildman–Crippen MR) is 106 cm³/mol. The second-order valence-corrected chi connectivity index (χ2v) is 7.47. The first-order valence-electron chi connectivity index (χ1n) is 9.34. The predicted octanol–water partition coefficient (Wildman–Crippen LogP) is 4.15. The molecule has 2 aromatic heterocycles. The van der Waals surface area contributed by atoms with Crippen LogP contribution in [-0.2, 0) is 24.3 Å². The number of ether oxygens (including phenoxy) is 1. The largest absolute Gasteiger partial charge is 0.365 e. The molecule has 4 aromatic rings. The maximum atomic E-state index is 6.04. The minimum atomic E-state index is -0.101. The molecule has 1 atom stereocenters. The molecule has 0 unspecified atom stereocenters. The first kappa shape index (κ1) is 18.0. The van der Waals surface area contributed by atoms with Gasteiger partial charge < -0.3 is 9.26 Å². The Morgan fingerprint density at radius 1 is 1.14 bits per heavy atom. The molecule has 0 amide bonds. The summed E-state index contributed by atoms with van der Waals surface area (Å²) >= 11 is 5.97. The van der Waals surface area contributed by atoms with Crippen molar-refractivity contribution in [2.75, 3.05) is 0 Å². The van der Waals surface area contributed by atoms with Gasteiger partial charge in [-0.3, -0.25) is 0 Å². The highest BCUT2D eigenvalue weighted by atomic mass is 35.5. The Bertz CT molecular complexity index is 1150. The lowest BCUT2D eigenvalue weighted by molar-refractivity contribution is -0.00111. The zero-order valence-corrected chi connectivity index (χ0v) is 16.5. The van der Waals surface area contributed by atoms with Gasteiger partial charge in [0.15, 0.2) is 5.69 Å². The molecule has 29 heavy (non-hydrogen) atoms. The van der Waals surface area contributed by atoms with Crippen molar-refractivity contribution in [3.8, 4) is 11.5 Å². The Morgan fingerprint density at radius 3 is 2.79 bits per heavy atom. The highest BCUT2D eigenvalue weighted by Gasteiger charge is 2.27. The zero-order chi connectivity index (χ0) is 19.8. The summed E-state index contributed by atoms with van der Waals surface area (Å²) in [7, 11) is 0. The van der Waals surface area contributed by atoms with Gasteiger partial charge in [-0.25, -0.2) is 4.68 Å². The van der Waals surface area contributed by atoms with Gasteiger partial charge in [0.05, 0.1) is 25.3 Å². The molecular formula is C21H18ClN5O2. The molecule has 146 valence electrons. The van der Waals surface area contributed by atoms with Gasteiger partial charge in [-0.05, 0) is 35.7 Å². The van der Waals surface area contributed by atoms with E-state index in [-0.39, 0.29) is 6.10 Å². The summed E-state index contributed by atoms with van der Waals surface area (Å²) in [6, 6.07) is 15.8. The second kappa shape index (κ2) is 7.42. The lowest BCUT2D eigenvalue weighted by Crippen LogP contribution is -2.22. The van der Waals surface area contributed by atoms with Crippen LogP contribution in [0.5, 0.6) is 0 Å². The first-order valence-corrected chi connectivity index (χ1v) is 9.72. The number of rotatable bonds is 4. The molecule has 0 spiro atoms. The van der Waals surface area contributed by atoms with Crippen LogP contribution in [0.4, 0.5) is 0 Å². The maximum absolute atomic E-state index is 6.04. The number of aryl methyl sites for hydroxylation is 1. The molecule has 0 N–H and O–H groups in total. The van der Waals surface area contributed by atoms with Gasteiger partial charge in [-0.1, -0.05) is 58.4 Å². The van der Waals surface area contributed by atoms with Crippen molar-refractivity contribution in [1.82, 2.24) is 25.1 Å². The van der Waals surface area contributed by atoms with Crippen molar-refractivity contribution in [3.05, 3.63) is 81.8 Å². The SMILES string of the molecule is Cc1ccccc1Cc1nc(-c2nnn3c2CO[C@H](c2ccc(Cl)cc2)C3)no1. The summed E-state index contributed by atoms with van der Waals surface area (Å²) < 4.78 is 13.3. The van der Waals surface area contributed by atoms with Crippen molar-refractivity contribution in [2.45, 2.75) is 32.6 Å². The number of nitrogens with zero attached hydrogens (tertiary/aromatic N) is 5. The van der Waals surface area contributed by atoms with Crippen molar-refractivity contribution in [1.29, 1.82) is 0 Å². The van der Waals surface area contributed by atoms with Crippen molar-refractivity contribution in [3.63, 3.8) is 0 Å². The summed E-state index contributed by atoms with van der Waals surface area (Å²) in [6.45, 7) is 3.01. The standard InChI is InChI=1S/C21H18ClN5O2/c1-13-4-2-3-5-15(13)10-19-23-21(25-29-19)20-17-12-28-18(11-27(17)26-24-20)14-6-8-16(22)9-7-14/h2-9,18H,10-12H2,1H3/t18-/m0/s1. The molecular weight excluding hydrogens is 390 g/mol. The summed E-state index contributed by atoms with van der Waals surface area (Å²) in [5.74, 6) is 0.982. The number of fused-ring (bicyclic) bond motifs is 1. The molecule has 5 rings (SSSR count). The van der Waals surface area contributed by atoms with E-state index >= 15 is 0 Å². The van der Waals surface area contributed by atoms with Crippen molar-refractivity contribution < 1.29 is 9.26 Å². The van der Waals surface area contributed by atoms with Crippen LogP contribution in [0.25, 0.3) is 11.5 Å². The highest BCUT2D eigenvalue weighted by Crippen LogP contribution is 2.30. The molecule has 7 nitrogen and oxygen atoms in total. The van der Waals surface area contributed by atoms with Crippen molar-refractivity contribution in [2.24, 2.45) is 0 Å². The Hall–Kier alpha value is -3.03. The van der Waals surface area contributed by atoms with Crippen molar-refractivity contribution >= 4 is 11.6 Å². The average molecular weight is 408 g/mol. The summed E-state index contributed by atoms with van der Waals surface area (Å²) in [4.78, 5) is 4.52. The highest BCUT2D eigenvalue weighted by molar-refractivity contribution is 6.30. The molecule has 2 aromatic carbocycles. The van der Waals surface area contributed by atoms with E-state index in [1.54, 1.807) is 0 Å². The third-order valence-electron chi connectivity index (χ3n) is 5.12. The van der Waals surface area contributed by atoms with Gasteiger partial charge in [0.25, 0.3) is 0 Å². The first-order chi connectivity index (χ1) is 14.2. The lowest BCUT2D eigenvalue weighted by Gasteiger charge is -2.24. The summed E-state index contributed by atoms with van der Waals surface area (Å²) in [5, 5.41) is 13.4. The lowest BCUT2D eigenvalue weighted by atomic mass is 10.1. The molecule has 0 saturated heterocycles. The fourth-order valence-corrected chi connectivity index (χ4v) is 3.58. The van der Waals surface area contributed by atoms with E-state index in [2.05, 4.69) is 39.5 Å². The Balaban J connectivity index is 1.36. The van der Waals surface area contributed by atoms with Crippen LogP contribution in [0.3, 0.4) is 0 Å². The van der Waals surface area contributed by atoms with Gasteiger partial charge in [-0.15, -0.1) is 5.10 Å². The third kappa shape index (κ3) is 3.54. The minimum Gasteiger partial charge on any atom is -0.365 e. The van der Waals surface area contributed by atoms with Crippen LogP contribution in [0.1, 0.15) is 34.4 Å². The van der Waals surface area contributed by atoms with Gasteiger partial charge in [-0.2, -0.15) is 4.98 Å². The van der Waals surface area contributed by atoms with Gasteiger partial charge in [0.1, 0.15) is 6.10 Å². The number of hydrogen-bond donors (Lipinski definition) is 0. The number of hydrogen-bond acceptors (Lipinski definition) is 6. The summed E-state index contributed by atoms with van der Waals surface area (Å²) in [5.41, 5.74) is 4.84. The number of benzene rings is 2. The third-order valence-corrected chi connectivity index (χ3v) is 5.37. The van der Waals surface area contributed by atoms with Crippen LogP contribution >= 0.6 is 11.6 Å². The van der Waals surface area contributed by atoms with Crippen LogP contribution < -0.4 is 0 Å². The Labute approximate surface area is 172 Å². The Kier molecular flexibility index (Phi) is 4.61. The fourth-order valence-electron chi connectivity index (χ4n) is 3.46. The topological polar surface area (TPSA) is 78.9 Å². The van der Waals surface area contributed by atoms with E-state index in [1.165, 1.54) is 5.56 Å². The van der Waals surface area contributed by atoms with Crippen LogP contribution in [-0.4, -0.2) is 25.1 Å². The van der Waals surface area contributed by atoms with E-state index in [1.807, 2.05) is 41.1 Å². The quantitative estimate of drug-likeness (QED) is 0.505. The maximum Gasteiger partial charge on any atom is 0.231 e. The molecule has 0 saturated carbocycles. The minimum absolute atomic E-state index is 0.101. The van der Waals surface area contributed by atoms with E-state index in [0.29, 0.717) is 42.0 Å². The average Bonchev–Trinajstić information content (AvgIpc) is 3.36. The molecule has 0 radical (unpaired) electrons. The number of aromatic nitrogens is 5. The van der Waals surface area contributed by atoms with E-state index in [9.17, 15) is 0 Å².